The van der Waals surface area contributed by atoms with Crippen molar-refractivity contribution in [2.75, 3.05) is 0 Å². The molecule has 2 rings (SSSR count). The van der Waals surface area contributed by atoms with Crippen molar-refractivity contribution in [1.82, 2.24) is 0 Å². The van der Waals surface area contributed by atoms with E-state index in [4.69, 9.17) is 0 Å². The van der Waals surface area contributed by atoms with Gasteiger partial charge in [-0.15, -0.1) is 0 Å². The zero-order chi connectivity index (χ0) is 10.7. The SMILES string of the molecule is O=C(C[n+]1ccsc1)c1ccc(Br)cc1. The van der Waals surface area contributed by atoms with Gasteiger partial charge in [0.2, 0.25) is 17.8 Å². The van der Waals surface area contributed by atoms with Crippen LogP contribution in [0.1, 0.15) is 10.4 Å². The van der Waals surface area contributed by atoms with Crippen LogP contribution in [0.2, 0.25) is 0 Å². The van der Waals surface area contributed by atoms with Crippen molar-refractivity contribution in [3.63, 3.8) is 0 Å². The Bertz CT molecular complexity index is 450. The van der Waals surface area contributed by atoms with Crippen molar-refractivity contribution in [3.8, 4) is 0 Å². The van der Waals surface area contributed by atoms with E-state index in [-0.39, 0.29) is 5.78 Å². The first kappa shape index (κ1) is 10.5. The summed E-state index contributed by atoms with van der Waals surface area (Å²) in [4.78, 5) is 11.8. The fraction of sp³-hybridized carbons (Fsp3) is 0.0909. The minimum Gasteiger partial charge on any atom is -0.287 e. The molecule has 0 atom stereocenters. The number of nitrogens with zero attached hydrogens (tertiary/aromatic N) is 1. The van der Waals surface area contributed by atoms with Gasteiger partial charge in [0.05, 0.1) is 5.38 Å². The quantitative estimate of drug-likeness (QED) is 0.626. The Hall–Kier alpha value is -1.00. The molecule has 4 heteroatoms. The van der Waals surface area contributed by atoms with E-state index < -0.39 is 0 Å². The Kier molecular flexibility index (Phi) is 3.28. The molecule has 76 valence electrons. The lowest BCUT2D eigenvalue weighted by Crippen LogP contribution is -2.34. The van der Waals surface area contributed by atoms with Gasteiger partial charge >= 0.3 is 0 Å². The molecule has 1 aromatic heterocycles. The van der Waals surface area contributed by atoms with Crippen LogP contribution in [-0.2, 0) is 6.54 Å². The molecule has 0 amide bonds. The molecule has 0 aliphatic rings. The first-order valence-electron chi connectivity index (χ1n) is 4.46. The predicted molar refractivity (Wildman–Crippen MR) is 63.0 cm³/mol. The maximum Gasteiger partial charge on any atom is 0.227 e. The predicted octanol–water partition coefficient (Wildman–Crippen LogP) is 2.68. The Labute approximate surface area is 100 Å². The fourth-order valence-corrected chi connectivity index (χ4v) is 2.11. The molecule has 0 radical (unpaired) electrons. The molecule has 0 saturated heterocycles. The fourth-order valence-electron chi connectivity index (χ4n) is 1.24. The van der Waals surface area contributed by atoms with Crippen LogP contribution >= 0.6 is 27.3 Å². The largest absolute Gasteiger partial charge is 0.287 e. The third kappa shape index (κ3) is 2.73. The normalized spacial score (nSPS) is 10.2. The molecule has 1 heterocycles. The molecule has 2 aromatic rings. The monoisotopic (exact) mass is 282 g/mol. The molecule has 2 nitrogen and oxygen atoms in total. The number of Topliss-reactive ketones (excluding diaryl/α,β-unsaturated/α-hetero) is 1. The standard InChI is InChI=1S/C11H9BrNOS/c12-10-3-1-9(2-4-10)11(14)7-13-5-6-15-8-13/h1-6,8H,7H2/q+1. The average Bonchev–Trinajstić information content (AvgIpc) is 2.71. The van der Waals surface area contributed by atoms with E-state index in [0.29, 0.717) is 6.54 Å². The van der Waals surface area contributed by atoms with Crippen molar-refractivity contribution < 1.29 is 9.36 Å². The third-order valence-corrected chi connectivity index (χ3v) is 3.22. The number of thiazole rings is 1. The molecule has 0 N–H and O–H groups in total. The van der Waals surface area contributed by atoms with Crippen LogP contribution in [0.3, 0.4) is 0 Å². The summed E-state index contributed by atoms with van der Waals surface area (Å²) in [5, 5.41) is 1.95. The van der Waals surface area contributed by atoms with Gasteiger partial charge in [-0.2, -0.15) is 4.57 Å². The smallest absolute Gasteiger partial charge is 0.227 e. The topological polar surface area (TPSA) is 20.9 Å². The van der Waals surface area contributed by atoms with Crippen LogP contribution in [0.4, 0.5) is 0 Å². The molecule has 0 fully saturated rings. The lowest BCUT2D eigenvalue weighted by atomic mass is 10.1. The molecule has 0 saturated carbocycles. The Morgan fingerprint density at radius 3 is 2.67 bits per heavy atom. The highest BCUT2D eigenvalue weighted by atomic mass is 79.9. The van der Waals surface area contributed by atoms with Crippen LogP contribution in [0, 0.1) is 0 Å². The first-order chi connectivity index (χ1) is 7.25. The maximum absolute atomic E-state index is 11.8. The molecular formula is C11H9BrNOS+. The Morgan fingerprint density at radius 2 is 2.07 bits per heavy atom. The van der Waals surface area contributed by atoms with Gasteiger partial charge in [-0.25, -0.2) is 0 Å². The summed E-state index contributed by atoms with van der Waals surface area (Å²) in [5.41, 5.74) is 2.67. The Balaban J connectivity index is 2.11. The summed E-state index contributed by atoms with van der Waals surface area (Å²) >= 11 is 4.92. The van der Waals surface area contributed by atoms with E-state index in [1.54, 1.807) is 11.3 Å². The van der Waals surface area contributed by atoms with Gasteiger partial charge in [0.25, 0.3) is 0 Å². The van der Waals surface area contributed by atoms with Gasteiger partial charge in [-0.05, 0) is 12.1 Å². The summed E-state index contributed by atoms with van der Waals surface area (Å²) in [6, 6.07) is 7.43. The number of hydrogen-bond acceptors (Lipinski definition) is 2. The van der Waals surface area contributed by atoms with E-state index in [2.05, 4.69) is 15.9 Å². The van der Waals surface area contributed by atoms with E-state index in [1.807, 2.05) is 45.9 Å². The number of carbonyl (C=O) groups excluding carboxylic acids is 1. The number of halogens is 1. The maximum atomic E-state index is 11.8. The molecule has 0 unspecified atom stereocenters. The van der Waals surface area contributed by atoms with Crippen molar-refractivity contribution in [1.29, 1.82) is 0 Å². The summed E-state index contributed by atoms with van der Waals surface area (Å²) in [6.45, 7) is 0.408. The zero-order valence-corrected chi connectivity index (χ0v) is 10.3. The highest BCUT2D eigenvalue weighted by molar-refractivity contribution is 9.10. The highest BCUT2D eigenvalue weighted by Crippen LogP contribution is 2.10. The molecule has 0 aliphatic heterocycles. The van der Waals surface area contributed by atoms with Crippen molar-refractivity contribution in [2.24, 2.45) is 0 Å². The van der Waals surface area contributed by atoms with Crippen LogP contribution in [0.15, 0.2) is 45.8 Å². The first-order valence-corrected chi connectivity index (χ1v) is 6.19. The minimum absolute atomic E-state index is 0.130. The van der Waals surface area contributed by atoms with E-state index >= 15 is 0 Å². The van der Waals surface area contributed by atoms with Crippen molar-refractivity contribution in [3.05, 3.63) is 51.4 Å². The van der Waals surface area contributed by atoms with Gasteiger partial charge in [-0.3, -0.25) is 4.79 Å². The molecular weight excluding hydrogens is 274 g/mol. The zero-order valence-electron chi connectivity index (χ0n) is 7.89. The number of benzene rings is 1. The molecule has 0 bridgehead atoms. The van der Waals surface area contributed by atoms with Gasteiger partial charge < -0.3 is 0 Å². The lowest BCUT2D eigenvalue weighted by Gasteiger charge is -1.96. The number of aromatic nitrogens is 1. The van der Waals surface area contributed by atoms with Crippen LogP contribution in [0.25, 0.3) is 0 Å². The van der Waals surface area contributed by atoms with Gasteiger partial charge in [0.1, 0.15) is 0 Å². The molecule has 0 spiro atoms. The van der Waals surface area contributed by atoms with E-state index in [0.717, 1.165) is 10.0 Å². The van der Waals surface area contributed by atoms with Crippen LogP contribution in [-0.4, -0.2) is 5.78 Å². The number of rotatable bonds is 3. The summed E-state index contributed by atoms with van der Waals surface area (Å²) in [5.74, 6) is 0.130. The van der Waals surface area contributed by atoms with Crippen LogP contribution in [0.5, 0.6) is 0 Å². The second-order valence-electron chi connectivity index (χ2n) is 3.13. The Morgan fingerprint density at radius 1 is 1.33 bits per heavy atom. The molecule has 15 heavy (non-hydrogen) atoms. The molecule has 1 aromatic carbocycles. The van der Waals surface area contributed by atoms with Gasteiger partial charge in [-0.1, -0.05) is 39.4 Å². The highest BCUT2D eigenvalue weighted by Gasteiger charge is 2.11. The van der Waals surface area contributed by atoms with Crippen molar-refractivity contribution >= 4 is 33.0 Å². The number of carbonyl (C=O) groups is 1. The number of hydrogen-bond donors (Lipinski definition) is 0. The summed E-state index contributed by atoms with van der Waals surface area (Å²) in [6.07, 6.45) is 1.90. The lowest BCUT2D eigenvalue weighted by molar-refractivity contribution is -0.678. The second-order valence-corrected chi connectivity index (χ2v) is 4.80. The van der Waals surface area contributed by atoms with Crippen molar-refractivity contribution in [2.45, 2.75) is 6.54 Å². The average molecular weight is 283 g/mol. The van der Waals surface area contributed by atoms with E-state index in [1.165, 1.54) is 0 Å². The van der Waals surface area contributed by atoms with Gasteiger partial charge in [0, 0.05) is 10.0 Å². The number of ketones is 1. The summed E-state index contributed by atoms with van der Waals surface area (Å²) in [7, 11) is 0. The third-order valence-electron chi connectivity index (χ3n) is 2.02. The molecule has 0 aliphatic carbocycles. The van der Waals surface area contributed by atoms with E-state index in [9.17, 15) is 4.79 Å². The second kappa shape index (κ2) is 4.68. The van der Waals surface area contributed by atoms with Gasteiger partial charge in [0.15, 0.2) is 6.20 Å². The van der Waals surface area contributed by atoms with Crippen LogP contribution < -0.4 is 4.57 Å². The summed E-state index contributed by atoms with van der Waals surface area (Å²) < 4.78 is 2.87. The minimum atomic E-state index is 0.130.